The third-order valence-corrected chi connectivity index (χ3v) is 3.13. The van der Waals surface area contributed by atoms with E-state index in [0.29, 0.717) is 13.1 Å². The van der Waals surface area contributed by atoms with Crippen molar-refractivity contribution in [2.45, 2.75) is 19.9 Å². The van der Waals surface area contributed by atoms with Gasteiger partial charge in [0.2, 0.25) is 5.91 Å². The van der Waals surface area contributed by atoms with Gasteiger partial charge in [-0.05, 0) is 12.8 Å². The fourth-order valence-corrected chi connectivity index (χ4v) is 2.02. The Morgan fingerprint density at radius 3 is 2.47 bits per heavy atom. The number of nitrogens with one attached hydrogen (secondary N) is 1. The summed E-state index contributed by atoms with van der Waals surface area (Å²) in [6.45, 7) is 4.85. The van der Waals surface area contributed by atoms with Crippen molar-refractivity contribution in [1.29, 1.82) is 0 Å². The standard InChI is InChI=1S/C10H18N2O3/c1-6-4-12(5-8(6)10(14)15)7(2)9(13)11-3/h6-8H,4-5H2,1-3H3,(H,11,13)(H,14,15). The van der Waals surface area contributed by atoms with E-state index in [9.17, 15) is 9.59 Å². The predicted octanol–water partition coefficient (Wildman–Crippen LogP) is -0.227. The van der Waals surface area contributed by atoms with E-state index in [1.165, 1.54) is 0 Å². The van der Waals surface area contributed by atoms with Crippen molar-refractivity contribution in [2.75, 3.05) is 20.1 Å². The van der Waals surface area contributed by atoms with E-state index in [2.05, 4.69) is 5.32 Å². The zero-order valence-electron chi connectivity index (χ0n) is 9.36. The SMILES string of the molecule is CNC(=O)C(C)N1CC(C)C(C(=O)O)C1. The Kier molecular flexibility index (Phi) is 3.68. The van der Waals surface area contributed by atoms with Gasteiger partial charge in [0, 0.05) is 20.1 Å². The highest BCUT2D eigenvalue weighted by molar-refractivity contribution is 5.81. The molecule has 3 atom stereocenters. The van der Waals surface area contributed by atoms with E-state index in [1.807, 2.05) is 11.8 Å². The monoisotopic (exact) mass is 214 g/mol. The zero-order chi connectivity index (χ0) is 11.6. The first-order valence-electron chi connectivity index (χ1n) is 5.15. The molecule has 1 aliphatic rings. The van der Waals surface area contributed by atoms with Crippen LogP contribution in [0.2, 0.25) is 0 Å². The number of hydrogen-bond acceptors (Lipinski definition) is 3. The van der Waals surface area contributed by atoms with Crippen LogP contribution in [0.5, 0.6) is 0 Å². The van der Waals surface area contributed by atoms with E-state index < -0.39 is 5.97 Å². The first kappa shape index (κ1) is 12.0. The second-order valence-corrected chi connectivity index (χ2v) is 4.17. The third-order valence-electron chi connectivity index (χ3n) is 3.13. The molecule has 15 heavy (non-hydrogen) atoms. The van der Waals surface area contributed by atoms with Crippen molar-refractivity contribution < 1.29 is 14.7 Å². The van der Waals surface area contributed by atoms with E-state index >= 15 is 0 Å². The molecule has 0 aromatic heterocycles. The number of carboxylic acids is 1. The highest BCUT2D eigenvalue weighted by atomic mass is 16.4. The Balaban J connectivity index is 2.61. The number of carboxylic acid groups (broad SMARTS) is 1. The Morgan fingerprint density at radius 1 is 1.47 bits per heavy atom. The fourth-order valence-electron chi connectivity index (χ4n) is 2.02. The number of rotatable bonds is 3. The van der Waals surface area contributed by atoms with Crippen LogP contribution in [0.4, 0.5) is 0 Å². The highest BCUT2D eigenvalue weighted by Crippen LogP contribution is 2.24. The Morgan fingerprint density at radius 2 is 2.07 bits per heavy atom. The second-order valence-electron chi connectivity index (χ2n) is 4.17. The van der Waals surface area contributed by atoms with Crippen molar-refractivity contribution >= 4 is 11.9 Å². The first-order valence-corrected chi connectivity index (χ1v) is 5.15. The molecule has 0 spiro atoms. The lowest BCUT2D eigenvalue weighted by molar-refractivity contribution is -0.142. The lowest BCUT2D eigenvalue weighted by Gasteiger charge is -2.22. The average Bonchev–Trinajstić information content (AvgIpc) is 2.58. The molecule has 1 fully saturated rings. The molecule has 86 valence electrons. The van der Waals surface area contributed by atoms with E-state index in [4.69, 9.17) is 5.11 Å². The van der Waals surface area contributed by atoms with Crippen molar-refractivity contribution in [3.8, 4) is 0 Å². The van der Waals surface area contributed by atoms with Gasteiger partial charge in [0.05, 0.1) is 12.0 Å². The molecule has 1 saturated heterocycles. The van der Waals surface area contributed by atoms with Crippen LogP contribution in [0.15, 0.2) is 0 Å². The molecule has 0 saturated carbocycles. The summed E-state index contributed by atoms with van der Waals surface area (Å²) in [5.41, 5.74) is 0. The number of carbonyl (C=O) groups excluding carboxylic acids is 1. The van der Waals surface area contributed by atoms with Gasteiger partial charge in [-0.2, -0.15) is 0 Å². The van der Waals surface area contributed by atoms with Gasteiger partial charge in [-0.15, -0.1) is 0 Å². The van der Waals surface area contributed by atoms with Crippen LogP contribution in [-0.2, 0) is 9.59 Å². The smallest absolute Gasteiger partial charge is 0.308 e. The molecule has 1 amide bonds. The van der Waals surface area contributed by atoms with Crippen LogP contribution in [-0.4, -0.2) is 48.1 Å². The molecular formula is C10H18N2O3. The summed E-state index contributed by atoms with van der Waals surface area (Å²) in [6.07, 6.45) is 0. The van der Waals surface area contributed by atoms with Gasteiger partial charge in [-0.3, -0.25) is 14.5 Å². The summed E-state index contributed by atoms with van der Waals surface area (Å²) in [7, 11) is 1.59. The molecule has 1 rings (SSSR count). The topological polar surface area (TPSA) is 69.6 Å². The molecule has 0 aliphatic carbocycles. The van der Waals surface area contributed by atoms with Gasteiger partial charge in [0.25, 0.3) is 0 Å². The summed E-state index contributed by atoms with van der Waals surface area (Å²) < 4.78 is 0. The minimum Gasteiger partial charge on any atom is -0.481 e. The van der Waals surface area contributed by atoms with Crippen LogP contribution in [0.25, 0.3) is 0 Å². The van der Waals surface area contributed by atoms with Gasteiger partial charge in [0.1, 0.15) is 0 Å². The van der Waals surface area contributed by atoms with Crippen LogP contribution in [0, 0.1) is 11.8 Å². The Hall–Kier alpha value is -1.10. The molecular weight excluding hydrogens is 196 g/mol. The third kappa shape index (κ3) is 2.47. The predicted molar refractivity (Wildman–Crippen MR) is 55.4 cm³/mol. The van der Waals surface area contributed by atoms with Crippen molar-refractivity contribution in [2.24, 2.45) is 11.8 Å². The fraction of sp³-hybridized carbons (Fsp3) is 0.800. The number of amides is 1. The molecule has 0 bridgehead atoms. The van der Waals surface area contributed by atoms with Crippen LogP contribution < -0.4 is 5.32 Å². The second kappa shape index (κ2) is 4.61. The molecule has 5 nitrogen and oxygen atoms in total. The highest BCUT2D eigenvalue weighted by Gasteiger charge is 2.37. The van der Waals surface area contributed by atoms with E-state index in [-0.39, 0.29) is 23.8 Å². The van der Waals surface area contributed by atoms with Crippen molar-refractivity contribution in [3.63, 3.8) is 0 Å². The minimum absolute atomic E-state index is 0.0618. The number of aliphatic carboxylic acids is 1. The Bertz CT molecular complexity index is 267. The average molecular weight is 214 g/mol. The van der Waals surface area contributed by atoms with Gasteiger partial charge >= 0.3 is 5.97 Å². The number of likely N-dealkylation sites (tertiary alicyclic amines) is 1. The number of carbonyl (C=O) groups is 2. The molecule has 0 radical (unpaired) electrons. The number of nitrogens with zero attached hydrogens (tertiary/aromatic N) is 1. The maximum absolute atomic E-state index is 11.4. The largest absolute Gasteiger partial charge is 0.481 e. The van der Waals surface area contributed by atoms with Crippen LogP contribution in [0.3, 0.4) is 0 Å². The summed E-state index contributed by atoms with van der Waals surface area (Å²) in [4.78, 5) is 24.2. The Labute approximate surface area is 89.4 Å². The summed E-state index contributed by atoms with van der Waals surface area (Å²) in [5, 5.41) is 11.5. The molecule has 0 aromatic rings. The van der Waals surface area contributed by atoms with Crippen LogP contribution in [0.1, 0.15) is 13.8 Å². The van der Waals surface area contributed by atoms with Crippen molar-refractivity contribution in [3.05, 3.63) is 0 Å². The quantitative estimate of drug-likeness (QED) is 0.681. The summed E-state index contributed by atoms with van der Waals surface area (Å²) in [6, 6.07) is -0.248. The summed E-state index contributed by atoms with van der Waals surface area (Å²) in [5.74, 6) is -1.07. The molecule has 5 heteroatoms. The molecule has 1 aliphatic heterocycles. The van der Waals surface area contributed by atoms with Gasteiger partial charge in [0.15, 0.2) is 0 Å². The van der Waals surface area contributed by atoms with Gasteiger partial charge < -0.3 is 10.4 Å². The zero-order valence-corrected chi connectivity index (χ0v) is 9.36. The van der Waals surface area contributed by atoms with Crippen molar-refractivity contribution in [1.82, 2.24) is 10.2 Å². The van der Waals surface area contributed by atoms with Gasteiger partial charge in [-0.1, -0.05) is 6.92 Å². The molecule has 3 unspecified atom stereocenters. The maximum Gasteiger partial charge on any atom is 0.308 e. The van der Waals surface area contributed by atoms with Crippen LogP contribution >= 0.6 is 0 Å². The molecule has 0 aromatic carbocycles. The lowest BCUT2D eigenvalue weighted by atomic mass is 9.99. The lowest BCUT2D eigenvalue weighted by Crippen LogP contribution is -2.43. The number of hydrogen-bond donors (Lipinski definition) is 2. The molecule has 2 N–H and O–H groups in total. The summed E-state index contributed by atoms with van der Waals surface area (Å²) >= 11 is 0. The normalized spacial score (nSPS) is 28.7. The maximum atomic E-state index is 11.4. The molecule has 1 heterocycles. The first-order chi connectivity index (χ1) is 6.97. The van der Waals surface area contributed by atoms with Gasteiger partial charge in [-0.25, -0.2) is 0 Å². The van der Waals surface area contributed by atoms with E-state index in [1.54, 1.807) is 14.0 Å². The van der Waals surface area contributed by atoms with E-state index in [0.717, 1.165) is 0 Å². The minimum atomic E-state index is -0.769. The number of likely N-dealkylation sites (N-methyl/N-ethyl adjacent to an activating group) is 1.